The summed E-state index contributed by atoms with van der Waals surface area (Å²) in [4.78, 5) is 12.2. The summed E-state index contributed by atoms with van der Waals surface area (Å²) in [5.41, 5.74) is 0. The van der Waals surface area contributed by atoms with Gasteiger partial charge in [0.15, 0.2) is 0 Å². The lowest BCUT2D eigenvalue weighted by molar-refractivity contribution is -0.154. The zero-order chi connectivity index (χ0) is 36.3. The second-order valence-electron chi connectivity index (χ2n) is 14.4. The molecule has 0 aromatic rings. The van der Waals surface area contributed by atoms with Crippen molar-refractivity contribution in [2.45, 2.75) is 219 Å². The summed E-state index contributed by atoms with van der Waals surface area (Å²) in [6.07, 6.45) is 56.0. The van der Waals surface area contributed by atoms with Crippen LogP contribution in [0.15, 0.2) is 48.6 Å². The fourth-order valence-electron chi connectivity index (χ4n) is 6.09. The maximum Gasteiger partial charge on any atom is 0.306 e. The highest BCUT2D eigenvalue weighted by molar-refractivity contribution is 5.69. The predicted molar refractivity (Wildman–Crippen MR) is 219 cm³/mol. The minimum atomic E-state index is -0.543. The van der Waals surface area contributed by atoms with Gasteiger partial charge in [0, 0.05) is 13.0 Å². The molecule has 1 unspecified atom stereocenters. The molecule has 0 aromatic carbocycles. The molecule has 0 fully saturated rings. The molecule has 0 amide bonds. The Morgan fingerprint density at radius 2 is 0.840 bits per heavy atom. The van der Waals surface area contributed by atoms with Gasteiger partial charge >= 0.3 is 5.97 Å². The number of allylic oxidation sites excluding steroid dienone is 8. The molecular formula is C46H84O4. The van der Waals surface area contributed by atoms with Gasteiger partial charge < -0.3 is 14.6 Å². The maximum absolute atomic E-state index is 12.2. The molecule has 0 saturated carbocycles. The monoisotopic (exact) mass is 701 g/mol. The van der Waals surface area contributed by atoms with E-state index in [4.69, 9.17) is 9.47 Å². The Morgan fingerprint density at radius 3 is 1.26 bits per heavy atom. The fourth-order valence-corrected chi connectivity index (χ4v) is 6.09. The van der Waals surface area contributed by atoms with Crippen molar-refractivity contribution in [1.82, 2.24) is 0 Å². The van der Waals surface area contributed by atoms with Crippen molar-refractivity contribution < 1.29 is 19.4 Å². The van der Waals surface area contributed by atoms with Crippen molar-refractivity contribution in [2.75, 3.05) is 19.8 Å². The Hall–Kier alpha value is -1.65. The molecule has 1 N–H and O–H groups in total. The van der Waals surface area contributed by atoms with Gasteiger partial charge in [-0.25, -0.2) is 0 Å². The van der Waals surface area contributed by atoms with Gasteiger partial charge in [-0.1, -0.05) is 178 Å². The lowest BCUT2D eigenvalue weighted by atomic mass is 10.1. The number of unbranched alkanes of at least 4 members (excludes halogenated alkanes) is 24. The first kappa shape index (κ1) is 48.3. The van der Waals surface area contributed by atoms with E-state index in [1.165, 1.54) is 148 Å². The molecule has 0 aromatic heterocycles. The molecule has 50 heavy (non-hydrogen) atoms. The molecule has 0 aliphatic carbocycles. The van der Waals surface area contributed by atoms with Crippen LogP contribution >= 0.6 is 0 Å². The number of esters is 1. The van der Waals surface area contributed by atoms with E-state index in [1.54, 1.807) is 0 Å². The van der Waals surface area contributed by atoms with E-state index >= 15 is 0 Å². The fraction of sp³-hybridized carbons (Fsp3) is 0.804. The summed E-state index contributed by atoms with van der Waals surface area (Å²) in [5, 5.41) is 9.60. The van der Waals surface area contributed by atoms with Crippen LogP contribution < -0.4 is 0 Å². The molecule has 0 aliphatic rings. The van der Waals surface area contributed by atoms with E-state index in [0.29, 0.717) is 13.0 Å². The average molecular weight is 701 g/mol. The van der Waals surface area contributed by atoms with Crippen LogP contribution in [-0.2, 0) is 14.3 Å². The van der Waals surface area contributed by atoms with Crippen LogP contribution in [0.5, 0.6) is 0 Å². The minimum Gasteiger partial charge on any atom is -0.457 e. The third-order valence-corrected chi connectivity index (χ3v) is 9.38. The first-order chi connectivity index (χ1) is 24.7. The van der Waals surface area contributed by atoms with Gasteiger partial charge in [-0.15, -0.1) is 0 Å². The van der Waals surface area contributed by atoms with Gasteiger partial charge in [0.1, 0.15) is 6.10 Å². The van der Waals surface area contributed by atoms with E-state index < -0.39 is 6.10 Å². The third-order valence-electron chi connectivity index (χ3n) is 9.38. The minimum absolute atomic E-state index is 0.179. The van der Waals surface area contributed by atoms with Gasteiger partial charge in [0.2, 0.25) is 0 Å². The number of hydrogen-bond acceptors (Lipinski definition) is 4. The average Bonchev–Trinajstić information content (AvgIpc) is 3.12. The van der Waals surface area contributed by atoms with Crippen molar-refractivity contribution in [3.63, 3.8) is 0 Å². The molecule has 1 atom stereocenters. The number of hydrogen-bond donors (Lipinski definition) is 1. The number of aliphatic hydroxyl groups is 1. The molecule has 0 rings (SSSR count). The molecule has 4 nitrogen and oxygen atoms in total. The number of carbonyl (C=O) groups is 1. The van der Waals surface area contributed by atoms with Crippen LogP contribution in [0.3, 0.4) is 0 Å². The smallest absolute Gasteiger partial charge is 0.306 e. The summed E-state index contributed by atoms with van der Waals surface area (Å²) in [6, 6.07) is 0. The van der Waals surface area contributed by atoms with Crippen LogP contribution in [0, 0.1) is 0 Å². The van der Waals surface area contributed by atoms with Crippen molar-refractivity contribution >= 4 is 5.97 Å². The summed E-state index contributed by atoms with van der Waals surface area (Å²) in [5.74, 6) is -0.215. The number of rotatable bonds is 40. The van der Waals surface area contributed by atoms with Gasteiger partial charge in [-0.2, -0.15) is 0 Å². The zero-order valence-electron chi connectivity index (χ0n) is 33.4. The van der Waals surface area contributed by atoms with Crippen LogP contribution in [0.25, 0.3) is 0 Å². The van der Waals surface area contributed by atoms with Crippen molar-refractivity contribution in [3.8, 4) is 0 Å². The molecule has 0 heterocycles. The number of aliphatic hydroxyl groups excluding tert-OH is 1. The normalized spacial score (nSPS) is 12.8. The van der Waals surface area contributed by atoms with Crippen molar-refractivity contribution in [3.05, 3.63) is 48.6 Å². The quantitative estimate of drug-likeness (QED) is 0.0393. The van der Waals surface area contributed by atoms with Gasteiger partial charge in [-0.3, -0.25) is 4.79 Å². The molecule has 0 saturated heterocycles. The lowest BCUT2D eigenvalue weighted by Gasteiger charge is -2.15. The Kier molecular flexibility index (Phi) is 42.1. The first-order valence-corrected chi connectivity index (χ1v) is 21.7. The Labute approximate surface area is 312 Å². The predicted octanol–water partition coefficient (Wildman–Crippen LogP) is 14.3. The van der Waals surface area contributed by atoms with Crippen LogP contribution in [0.4, 0.5) is 0 Å². The van der Waals surface area contributed by atoms with Gasteiger partial charge in [0.25, 0.3) is 0 Å². The van der Waals surface area contributed by atoms with E-state index in [1.807, 2.05) is 0 Å². The number of ether oxygens (including phenoxy) is 2. The molecule has 4 heteroatoms. The molecule has 0 bridgehead atoms. The number of carbonyl (C=O) groups excluding carboxylic acids is 1. The Balaban J connectivity index is 3.45. The van der Waals surface area contributed by atoms with E-state index in [0.717, 1.165) is 44.9 Å². The van der Waals surface area contributed by atoms with Gasteiger partial charge in [0.05, 0.1) is 13.2 Å². The highest BCUT2D eigenvalue weighted by Crippen LogP contribution is 2.13. The van der Waals surface area contributed by atoms with Crippen molar-refractivity contribution in [2.24, 2.45) is 0 Å². The molecule has 0 aliphatic heterocycles. The SMILES string of the molecule is CCCCCC/C=C\C/C=C\CCCCCCCC(=O)OC(CO)COCCCCCCCCCCCC/C=C\C/C=C\CCCCCCC. The standard InChI is InChI=1S/C46H84O4/c1-3-5-7-9-11-13-15-17-19-21-22-23-24-25-26-28-30-32-34-36-38-40-42-49-44-45(43-47)50-46(48)41-39-37-35-33-31-29-27-20-18-16-14-12-10-8-6-4-2/h14-17,20-22,27,45,47H,3-13,18-19,23-26,28-44H2,1-2H3/b16-14-,17-15-,22-21-,27-20-. The van der Waals surface area contributed by atoms with E-state index in [2.05, 4.69) is 62.5 Å². The summed E-state index contributed by atoms with van der Waals surface area (Å²) < 4.78 is 11.2. The van der Waals surface area contributed by atoms with Gasteiger partial charge in [-0.05, 0) is 77.0 Å². The van der Waals surface area contributed by atoms with Crippen LogP contribution in [-0.4, -0.2) is 37.0 Å². The lowest BCUT2D eigenvalue weighted by Crippen LogP contribution is -2.27. The highest BCUT2D eigenvalue weighted by Gasteiger charge is 2.13. The largest absolute Gasteiger partial charge is 0.457 e. The van der Waals surface area contributed by atoms with E-state index in [-0.39, 0.29) is 19.2 Å². The van der Waals surface area contributed by atoms with Crippen molar-refractivity contribution in [1.29, 1.82) is 0 Å². The second kappa shape index (κ2) is 43.5. The third kappa shape index (κ3) is 40.8. The summed E-state index contributed by atoms with van der Waals surface area (Å²) >= 11 is 0. The van der Waals surface area contributed by atoms with E-state index in [9.17, 15) is 9.90 Å². The molecular weight excluding hydrogens is 617 g/mol. The Morgan fingerprint density at radius 1 is 0.480 bits per heavy atom. The second-order valence-corrected chi connectivity index (χ2v) is 14.4. The highest BCUT2D eigenvalue weighted by atomic mass is 16.6. The topological polar surface area (TPSA) is 55.8 Å². The molecule has 0 radical (unpaired) electrons. The Bertz CT molecular complexity index is 783. The first-order valence-electron chi connectivity index (χ1n) is 21.7. The van der Waals surface area contributed by atoms with Crippen LogP contribution in [0.1, 0.15) is 213 Å². The zero-order valence-corrected chi connectivity index (χ0v) is 33.4. The summed E-state index contributed by atoms with van der Waals surface area (Å²) in [7, 11) is 0. The van der Waals surface area contributed by atoms with Crippen LogP contribution in [0.2, 0.25) is 0 Å². The maximum atomic E-state index is 12.2. The molecule has 292 valence electrons. The molecule has 0 spiro atoms. The summed E-state index contributed by atoms with van der Waals surface area (Å²) in [6.45, 7) is 5.31.